The largest absolute Gasteiger partial charge is 0.478 e. The Morgan fingerprint density at radius 1 is 1.21 bits per heavy atom. The zero-order chi connectivity index (χ0) is 17.3. The molecule has 0 saturated heterocycles. The average molecular weight is 345 g/mol. The van der Waals surface area contributed by atoms with Crippen molar-refractivity contribution in [2.75, 3.05) is 5.32 Å². The van der Waals surface area contributed by atoms with Gasteiger partial charge in [-0.2, -0.15) is 4.98 Å². The number of nitro groups is 1. The van der Waals surface area contributed by atoms with Crippen molar-refractivity contribution >= 4 is 45.7 Å². The second kappa shape index (κ2) is 6.09. The highest BCUT2D eigenvalue weighted by atomic mass is 35.5. The number of rotatable bonds is 4. The van der Waals surface area contributed by atoms with Crippen LogP contribution in [0, 0.1) is 10.1 Å². The number of carboxylic acid groups (broad SMARTS) is 1. The maximum Gasteiger partial charge on any atom is 0.338 e. The van der Waals surface area contributed by atoms with E-state index in [0.29, 0.717) is 16.7 Å². The van der Waals surface area contributed by atoms with E-state index in [1.165, 1.54) is 12.1 Å². The Balaban J connectivity index is 2.12. The SMILES string of the molecule is O=C(O)c1cc([N+](=O)[O-])ccc1Nc1nc(Cl)nc2ccccc12. The van der Waals surface area contributed by atoms with Crippen LogP contribution in [-0.2, 0) is 0 Å². The fraction of sp³-hybridized carbons (Fsp3) is 0. The van der Waals surface area contributed by atoms with Crippen molar-refractivity contribution in [3.63, 3.8) is 0 Å². The minimum Gasteiger partial charge on any atom is -0.478 e. The first-order chi connectivity index (χ1) is 11.5. The summed E-state index contributed by atoms with van der Waals surface area (Å²) in [6.45, 7) is 0. The van der Waals surface area contributed by atoms with Crippen molar-refractivity contribution in [2.45, 2.75) is 0 Å². The van der Waals surface area contributed by atoms with Crippen LogP contribution in [0.1, 0.15) is 10.4 Å². The standard InChI is InChI=1S/C15H9ClN4O4/c16-15-18-11-4-2-1-3-9(11)13(19-15)17-12-6-5-8(20(23)24)7-10(12)14(21)22/h1-7H,(H,21,22)(H,17,18,19). The molecule has 8 nitrogen and oxygen atoms in total. The van der Waals surface area contributed by atoms with E-state index >= 15 is 0 Å². The molecule has 0 aliphatic heterocycles. The van der Waals surface area contributed by atoms with Gasteiger partial charge in [0.1, 0.15) is 5.82 Å². The second-order valence-corrected chi connectivity index (χ2v) is 5.11. The van der Waals surface area contributed by atoms with Crippen molar-refractivity contribution < 1.29 is 14.8 Å². The summed E-state index contributed by atoms with van der Waals surface area (Å²) in [6, 6.07) is 10.5. The van der Waals surface area contributed by atoms with E-state index in [4.69, 9.17) is 11.6 Å². The number of hydrogen-bond donors (Lipinski definition) is 2. The molecule has 0 aliphatic rings. The average Bonchev–Trinajstić information content (AvgIpc) is 2.54. The fourth-order valence-corrected chi connectivity index (χ4v) is 2.38. The van der Waals surface area contributed by atoms with E-state index in [2.05, 4.69) is 15.3 Å². The molecule has 0 atom stereocenters. The molecule has 1 heterocycles. The van der Waals surface area contributed by atoms with E-state index in [1.807, 2.05) is 0 Å². The van der Waals surface area contributed by atoms with Crippen molar-refractivity contribution in [1.82, 2.24) is 9.97 Å². The van der Waals surface area contributed by atoms with Gasteiger partial charge in [0.2, 0.25) is 5.28 Å². The summed E-state index contributed by atoms with van der Waals surface area (Å²) in [7, 11) is 0. The van der Waals surface area contributed by atoms with E-state index in [1.54, 1.807) is 24.3 Å². The van der Waals surface area contributed by atoms with Gasteiger partial charge in [-0.25, -0.2) is 9.78 Å². The van der Waals surface area contributed by atoms with Gasteiger partial charge in [-0.15, -0.1) is 0 Å². The zero-order valence-corrected chi connectivity index (χ0v) is 12.7. The van der Waals surface area contributed by atoms with E-state index in [0.717, 1.165) is 6.07 Å². The van der Waals surface area contributed by atoms with Gasteiger partial charge in [0.15, 0.2) is 0 Å². The molecule has 2 aromatic carbocycles. The molecule has 0 amide bonds. The van der Waals surface area contributed by atoms with Gasteiger partial charge in [0, 0.05) is 17.5 Å². The highest BCUT2D eigenvalue weighted by Crippen LogP contribution is 2.29. The Kier molecular flexibility index (Phi) is 3.97. The van der Waals surface area contributed by atoms with Crippen molar-refractivity contribution in [2.24, 2.45) is 0 Å². The second-order valence-electron chi connectivity index (χ2n) is 4.78. The van der Waals surface area contributed by atoms with E-state index in [-0.39, 0.29) is 22.2 Å². The normalized spacial score (nSPS) is 10.5. The molecule has 0 spiro atoms. The fourth-order valence-electron chi connectivity index (χ4n) is 2.20. The Morgan fingerprint density at radius 3 is 2.67 bits per heavy atom. The number of nitrogens with zero attached hydrogens (tertiary/aromatic N) is 3. The van der Waals surface area contributed by atoms with Gasteiger partial charge in [0.05, 0.1) is 21.7 Å². The van der Waals surface area contributed by atoms with Crippen LogP contribution in [-0.4, -0.2) is 26.0 Å². The highest BCUT2D eigenvalue weighted by molar-refractivity contribution is 6.28. The number of halogens is 1. The molecule has 0 fully saturated rings. The van der Waals surface area contributed by atoms with Crippen LogP contribution in [0.25, 0.3) is 10.9 Å². The van der Waals surface area contributed by atoms with Crippen LogP contribution < -0.4 is 5.32 Å². The Hall–Kier alpha value is -3.26. The summed E-state index contributed by atoms with van der Waals surface area (Å²) in [5.74, 6) is -0.993. The van der Waals surface area contributed by atoms with E-state index < -0.39 is 10.9 Å². The molecule has 3 aromatic rings. The van der Waals surface area contributed by atoms with Gasteiger partial charge in [-0.3, -0.25) is 10.1 Å². The number of nitro benzene ring substituents is 1. The van der Waals surface area contributed by atoms with Gasteiger partial charge in [-0.1, -0.05) is 12.1 Å². The molecule has 0 bridgehead atoms. The number of aromatic carboxylic acids is 1. The molecule has 0 saturated carbocycles. The van der Waals surface area contributed by atoms with Crippen molar-refractivity contribution in [3.05, 3.63) is 63.4 Å². The molecular formula is C15H9ClN4O4. The number of non-ortho nitro benzene ring substituents is 1. The van der Waals surface area contributed by atoms with Gasteiger partial charge in [0.25, 0.3) is 5.69 Å². The summed E-state index contributed by atoms with van der Waals surface area (Å²) in [5.41, 5.74) is 0.179. The summed E-state index contributed by atoms with van der Waals surface area (Å²) in [6.07, 6.45) is 0. The van der Waals surface area contributed by atoms with Crippen molar-refractivity contribution in [1.29, 1.82) is 0 Å². The Labute approximate surface area is 139 Å². The lowest BCUT2D eigenvalue weighted by molar-refractivity contribution is -0.384. The molecular weight excluding hydrogens is 336 g/mol. The van der Waals surface area contributed by atoms with Crippen molar-refractivity contribution in [3.8, 4) is 0 Å². The van der Waals surface area contributed by atoms with Crippen LogP contribution in [0.3, 0.4) is 0 Å². The van der Waals surface area contributed by atoms with Crippen LogP contribution in [0.2, 0.25) is 5.28 Å². The molecule has 0 unspecified atom stereocenters. The third kappa shape index (κ3) is 2.95. The Morgan fingerprint density at radius 2 is 1.96 bits per heavy atom. The monoisotopic (exact) mass is 344 g/mol. The van der Waals surface area contributed by atoms with Gasteiger partial charge < -0.3 is 10.4 Å². The number of aromatic nitrogens is 2. The summed E-state index contributed by atoms with van der Waals surface area (Å²) in [4.78, 5) is 29.7. The van der Waals surface area contributed by atoms with E-state index in [9.17, 15) is 20.0 Å². The third-order valence-electron chi connectivity index (χ3n) is 3.27. The van der Waals surface area contributed by atoms with Crippen LogP contribution in [0.4, 0.5) is 17.2 Å². The first kappa shape index (κ1) is 15.6. The maximum absolute atomic E-state index is 11.4. The first-order valence-corrected chi connectivity index (χ1v) is 7.04. The summed E-state index contributed by atoms with van der Waals surface area (Å²) in [5, 5.41) is 23.6. The minimum atomic E-state index is -1.30. The molecule has 0 aliphatic carbocycles. The molecule has 3 rings (SSSR count). The zero-order valence-electron chi connectivity index (χ0n) is 11.9. The summed E-state index contributed by atoms with van der Waals surface area (Å²) < 4.78 is 0. The minimum absolute atomic E-state index is 0.00464. The first-order valence-electron chi connectivity index (χ1n) is 6.67. The number of fused-ring (bicyclic) bond motifs is 1. The van der Waals surface area contributed by atoms with Gasteiger partial charge >= 0.3 is 5.97 Å². The molecule has 2 N–H and O–H groups in total. The predicted molar refractivity (Wildman–Crippen MR) is 87.9 cm³/mol. The molecule has 24 heavy (non-hydrogen) atoms. The lowest BCUT2D eigenvalue weighted by Gasteiger charge is -2.11. The lowest BCUT2D eigenvalue weighted by atomic mass is 10.1. The predicted octanol–water partition coefficient (Wildman–Crippen LogP) is 3.63. The molecule has 1 aromatic heterocycles. The number of nitrogens with one attached hydrogen (secondary N) is 1. The van der Waals surface area contributed by atoms with Gasteiger partial charge in [-0.05, 0) is 29.8 Å². The molecule has 0 radical (unpaired) electrons. The maximum atomic E-state index is 11.4. The highest BCUT2D eigenvalue weighted by Gasteiger charge is 2.17. The number of carbonyl (C=O) groups is 1. The topological polar surface area (TPSA) is 118 Å². The number of benzene rings is 2. The number of anilines is 2. The van der Waals surface area contributed by atoms with Crippen LogP contribution >= 0.6 is 11.6 Å². The summed E-state index contributed by atoms with van der Waals surface area (Å²) >= 11 is 5.89. The quantitative estimate of drug-likeness (QED) is 0.421. The third-order valence-corrected chi connectivity index (χ3v) is 3.44. The molecule has 9 heteroatoms. The smallest absolute Gasteiger partial charge is 0.338 e. The number of hydrogen-bond acceptors (Lipinski definition) is 6. The lowest BCUT2D eigenvalue weighted by Crippen LogP contribution is -2.05. The number of para-hydroxylation sites is 1. The molecule has 120 valence electrons. The number of carboxylic acids is 1. The van der Waals surface area contributed by atoms with Crippen LogP contribution in [0.15, 0.2) is 42.5 Å². The van der Waals surface area contributed by atoms with Crippen LogP contribution in [0.5, 0.6) is 0 Å². The Bertz CT molecular complexity index is 977.